The fourth-order valence-electron chi connectivity index (χ4n) is 2.54. The molecule has 1 fully saturated rings. The Hall–Kier alpha value is -0.920. The summed E-state index contributed by atoms with van der Waals surface area (Å²) < 4.78 is 29.1. The van der Waals surface area contributed by atoms with Gasteiger partial charge in [-0.15, -0.1) is 0 Å². The molecular weight excluding hydrogens is 264 g/mol. The largest absolute Gasteiger partial charge is 0.281 e. The van der Waals surface area contributed by atoms with Gasteiger partial charge in [0.05, 0.1) is 5.69 Å². The minimum atomic E-state index is -3.25. The monoisotopic (exact) mass is 286 g/mol. The van der Waals surface area contributed by atoms with Crippen LogP contribution in [0.1, 0.15) is 23.4 Å². The topological polar surface area (TPSA) is 58.4 Å². The third-order valence-electron chi connectivity index (χ3n) is 3.87. The van der Waals surface area contributed by atoms with Crippen LogP contribution in [-0.2, 0) is 23.7 Å². The highest BCUT2D eigenvalue weighted by Crippen LogP contribution is 2.17. The highest BCUT2D eigenvalue weighted by atomic mass is 32.2. The SMILES string of the molecule is Cc1nn(C)c(C)c1CCN1CCCN(C)S1(=O)=O. The van der Waals surface area contributed by atoms with Crippen molar-refractivity contribution in [3.63, 3.8) is 0 Å². The lowest BCUT2D eigenvalue weighted by Gasteiger charge is -2.32. The van der Waals surface area contributed by atoms with Gasteiger partial charge in [-0.05, 0) is 32.3 Å². The minimum absolute atomic E-state index is 0.528. The zero-order valence-electron chi connectivity index (χ0n) is 12.0. The van der Waals surface area contributed by atoms with E-state index in [-0.39, 0.29) is 0 Å². The molecule has 6 nitrogen and oxygen atoms in total. The number of hydrogen-bond donors (Lipinski definition) is 0. The molecule has 0 saturated carbocycles. The van der Waals surface area contributed by atoms with Crippen LogP contribution < -0.4 is 0 Å². The van der Waals surface area contributed by atoms with E-state index in [2.05, 4.69) is 5.10 Å². The van der Waals surface area contributed by atoms with Crippen molar-refractivity contribution in [1.29, 1.82) is 0 Å². The van der Waals surface area contributed by atoms with Crippen molar-refractivity contribution in [2.45, 2.75) is 26.7 Å². The van der Waals surface area contributed by atoms with E-state index in [9.17, 15) is 8.42 Å². The van der Waals surface area contributed by atoms with Gasteiger partial charge in [0.15, 0.2) is 0 Å². The first kappa shape index (κ1) is 14.5. The first-order valence-electron chi connectivity index (χ1n) is 6.54. The predicted molar refractivity (Wildman–Crippen MR) is 74.1 cm³/mol. The maximum atomic E-state index is 12.1. The first-order valence-corrected chi connectivity index (χ1v) is 7.94. The molecule has 108 valence electrons. The Morgan fingerprint density at radius 1 is 1.21 bits per heavy atom. The summed E-state index contributed by atoms with van der Waals surface area (Å²) in [5.41, 5.74) is 3.26. The van der Waals surface area contributed by atoms with E-state index >= 15 is 0 Å². The van der Waals surface area contributed by atoms with Gasteiger partial charge in [-0.2, -0.15) is 22.1 Å². The van der Waals surface area contributed by atoms with E-state index in [1.54, 1.807) is 11.4 Å². The average molecular weight is 286 g/mol. The van der Waals surface area contributed by atoms with Crippen LogP contribution in [0.2, 0.25) is 0 Å². The number of hydrogen-bond acceptors (Lipinski definition) is 3. The quantitative estimate of drug-likeness (QED) is 0.811. The lowest BCUT2D eigenvalue weighted by atomic mass is 10.1. The van der Waals surface area contributed by atoms with Crippen LogP contribution in [0.5, 0.6) is 0 Å². The molecule has 1 aliphatic heterocycles. The Bertz CT molecular complexity index is 565. The van der Waals surface area contributed by atoms with Gasteiger partial charge in [-0.1, -0.05) is 0 Å². The van der Waals surface area contributed by atoms with Gasteiger partial charge in [0.2, 0.25) is 0 Å². The summed E-state index contributed by atoms with van der Waals surface area (Å²) in [5, 5.41) is 4.36. The summed E-state index contributed by atoms with van der Waals surface area (Å²) in [4.78, 5) is 0. The molecule has 0 unspecified atom stereocenters. The van der Waals surface area contributed by atoms with Crippen molar-refractivity contribution in [3.05, 3.63) is 17.0 Å². The zero-order chi connectivity index (χ0) is 14.2. The van der Waals surface area contributed by atoms with Crippen molar-refractivity contribution >= 4 is 10.2 Å². The Morgan fingerprint density at radius 2 is 1.89 bits per heavy atom. The molecule has 0 atom stereocenters. The molecule has 7 heteroatoms. The second-order valence-corrected chi connectivity index (χ2v) is 7.14. The van der Waals surface area contributed by atoms with Crippen molar-refractivity contribution in [3.8, 4) is 0 Å². The molecule has 0 radical (unpaired) electrons. The number of aromatic nitrogens is 2. The van der Waals surface area contributed by atoms with E-state index in [1.807, 2.05) is 25.6 Å². The third-order valence-corrected chi connectivity index (χ3v) is 5.86. The van der Waals surface area contributed by atoms with E-state index in [0.717, 1.165) is 29.8 Å². The van der Waals surface area contributed by atoms with Crippen LogP contribution in [0, 0.1) is 13.8 Å². The summed E-state index contributed by atoms with van der Waals surface area (Å²) in [6.07, 6.45) is 1.61. The first-order chi connectivity index (χ1) is 8.84. The van der Waals surface area contributed by atoms with Gasteiger partial charge in [0.1, 0.15) is 0 Å². The molecule has 0 aliphatic carbocycles. The van der Waals surface area contributed by atoms with E-state index in [1.165, 1.54) is 4.31 Å². The second-order valence-electron chi connectivity index (χ2n) is 5.10. The summed E-state index contributed by atoms with van der Waals surface area (Å²) in [7, 11) is 0.303. The standard InChI is InChI=1S/C12H22N4O2S/c1-10-12(11(2)15(4)13-10)6-9-16-8-5-7-14(3)19(16,17)18/h5-9H2,1-4H3. The van der Waals surface area contributed by atoms with Crippen LogP contribution in [0.3, 0.4) is 0 Å². The molecule has 0 aromatic carbocycles. The van der Waals surface area contributed by atoms with Gasteiger partial charge < -0.3 is 0 Å². The average Bonchev–Trinajstić information content (AvgIpc) is 2.57. The molecule has 1 aromatic heterocycles. The zero-order valence-corrected chi connectivity index (χ0v) is 12.9. The Labute approximate surface area is 115 Å². The van der Waals surface area contributed by atoms with Gasteiger partial charge >= 0.3 is 0 Å². The Kier molecular flexibility index (Phi) is 3.98. The normalized spacial score (nSPS) is 20.8. The van der Waals surface area contributed by atoms with Crippen LogP contribution in [0.25, 0.3) is 0 Å². The molecular formula is C12H22N4O2S. The van der Waals surface area contributed by atoms with Crippen molar-refractivity contribution in [1.82, 2.24) is 18.4 Å². The van der Waals surface area contributed by atoms with Crippen molar-refractivity contribution in [2.24, 2.45) is 7.05 Å². The number of nitrogens with zero attached hydrogens (tertiary/aromatic N) is 4. The second kappa shape index (κ2) is 5.22. The van der Waals surface area contributed by atoms with Crippen LogP contribution in [-0.4, -0.2) is 53.5 Å². The molecule has 1 saturated heterocycles. The molecule has 0 bridgehead atoms. The predicted octanol–water partition coefficient (Wildman–Crippen LogP) is 0.462. The van der Waals surface area contributed by atoms with Crippen molar-refractivity contribution in [2.75, 3.05) is 26.7 Å². The lowest BCUT2D eigenvalue weighted by Crippen LogP contribution is -2.48. The van der Waals surface area contributed by atoms with E-state index in [4.69, 9.17) is 0 Å². The van der Waals surface area contributed by atoms with Crippen LogP contribution in [0.15, 0.2) is 0 Å². The molecule has 1 aromatic rings. The fraction of sp³-hybridized carbons (Fsp3) is 0.750. The van der Waals surface area contributed by atoms with Gasteiger partial charge in [-0.3, -0.25) is 4.68 Å². The van der Waals surface area contributed by atoms with Crippen LogP contribution >= 0.6 is 0 Å². The Morgan fingerprint density at radius 3 is 2.47 bits per heavy atom. The van der Waals surface area contributed by atoms with E-state index < -0.39 is 10.2 Å². The molecule has 2 heterocycles. The van der Waals surface area contributed by atoms with Gasteiger partial charge in [0.25, 0.3) is 10.2 Å². The number of rotatable bonds is 3. The molecule has 0 amide bonds. The summed E-state index contributed by atoms with van der Waals surface area (Å²) in [6.45, 7) is 5.75. The highest BCUT2D eigenvalue weighted by molar-refractivity contribution is 7.86. The number of aryl methyl sites for hydroxylation is 2. The van der Waals surface area contributed by atoms with Gasteiger partial charge in [0, 0.05) is 39.4 Å². The Balaban J connectivity index is 2.10. The summed E-state index contributed by atoms with van der Waals surface area (Å²) in [6, 6.07) is 0. The minimum Gasteiger partial charge on any atom is -0.272 e. The maximum absolute atomic E-state index is 12.1. The smallest absolute Gasteiger partial charge is 0.272 e. The summed E-state index contributed by atoms with van der Waals surface area (Å²) in [5.74, 6) is 0. The maximum Gasteiger partial charge on any atom is 0.281 e. The lowest BCUT2D eigenvalue weighted by molar-refractivity contribution is 0.309. The van der Waals surface area contributed by atoms with Gasteiger partial charge in [-0.25, -0.2) is 0 Å². The molecule has 0 spiro atoms. The van der Waals surface area contributed by atoms with Crippen molar-refractivity contribution < 1.29 is 8.42 Å². The molecule has 19 heavy (non-hydrogen) atoms. The van der Waals surface area contributed by atoms with Crippen LogP contribution in [0.4, 0.5) is 0 Å². The molecule has 2 rings (SSSR count). The van der Waals surface area contributed by atoms with E-state index in [0.29, 0.717) is 19.6 Å². The molecule has 0 N–H and O–H groups in total. The summed E-state index contributed by atoms with van der Waals surface area (Å²) >= 11 is 0. The highest BCUT2D eigenvalue weighted by Gasteiger charge is 2.30. The fourth-order valence-corrected chi connectivity index (χ4v) is 3.98. The molecule has 1 aliphatic rings. The third kappa shape index (κ3) is 2.68.